The molecule has 0 amide bonds. The molecule has 0 aliphatic carbocycles. The van der Waals surface area contributed by atoms with Crippen molar-refractivity contribution in [2.24, 2.45) is 12.5 Å². The van der Waals surface area contributed by atoms with Gasteiger partial charge in [0.1, 0.15) is 0 Å². The van der Waals surface area contributed by atoms with Gasteiger partial charge in [-0.15, -0.1) is 0 Å². The topological polar surface area (TPSA) is 8.17 Å². The first-order chi connectivity index (χ1) is 9.68. The third-order valence-corrected chi connectivity index (χ3v) is 5.82. The third kappa shape index (κ3) is 2.16. The first-order valence-electron chi connectivity index (χ1n) is 7.93. The van der Waals surface area contributed by atoms with E-state index >= 15 is 0 Å². The fourth-order valence-corrected chi connectivity index (χ4v) is 3.49. The average Bonchev–Trinajstić information content (AvgIpc) is 2.79. The van der Waals surface area contributed by atoms with Crippen molar-refractivity contribution in [3.8, 4) is 0 Å². The fourth-order valence-electron chi connectivity index (χ4n) is 3.49. The summed E-state index contributed by atoms with van der Waals surface area (Å²) < 4.78 is 2.19. The lowest BCUT2D eigenvalue weighted by molar-refractivity contribution is 0.147. The van der Waals surface area contributed by atoms with E-state index in [4.69, 9.17) is 0 Å². The highest BCUT2D eigenvalue weighted by Crippen LogP contribution is 2.54. The molecule has 1 unspecified atom stereocenters. The van der Waals surface area contributed by atoms with Gasteiger partial charge in [-0.05, 0) is 37.8 Å². The Bertz CT molecular complexity index is 585. The predicted molar refractivity (Wildman–Crippen MR) is 92.7 cm³/mol. The first kappa shape index (κ1) is 15.9. The Morgan fingerprint density at radius 1 is 1.14 bits per heavy atom. The van der Waals surface area contributed by atoms with E-state index in [2.05, 4.69) is 95.6 Å². The highest BCUT2D eigenvalue weighted by molar-refractivity contribution is 5.65. The molecule has 0 radical (unpaired) electrons. The monoisotopic (exact) mass is 286 g/mol. The Labute approximate surface area is 130 Å². The summed E-state index contributed by atoms with van der Waals surface area (Å²) in [6.07, 6.45) is 11.1. The van der Waals surface area contributed by atoms with Crippen molar-refractivity contribution >= 4 is 5.69 Å². The number of hydrogen-bond donors (Lipinski definition) is 0. The van der Waals surface area contributed by atoms with Crippen LogP contribution < -0.4 is 4.90 Å². The third-order valence-electron chi connectivity index (χ3n) is 5.82. The molecule has 0 saturated carbocycles. The molecule has 1 aliphatic heterocycles. The molecule has 0 aromatic carbocycles. The van der Waals surface area contributed by atoms with Crippen molar-refractivity contribution in [1.82, 2.24) is 4.57 Å². The highest BCUT2D eigenvalue weighted by Gasteiger charge is 2.51. The van der Waals surface area contributed by atoms with Crippen LogP contribution in [0.2, 0.25) is 0 Å². The van der Waals surface area contributed by atoms with E-state index in [0.717, 1.165) is 0 Å². The smallest absolute Gasteiger partial charge is 0.0631 e. The van der Waals surface area contributed by atoms with Crippen LogP contribution in [-0.4, -0.2) is 10.6 Å². The molecule has 1 aliphatic rings. The van der Waals surface area contributed by atoms with Crippen LogP contribution in [0.4, 0.5) is 5.69 Å². The SMILES string of the molecule is C/C=C\C(=C/C)N1c2cn(C)cc2C(C)(C)C(C)(C)C1C. The second-order valence-electron chi connectivity index (χ2n) is 7.33. The number of anilines is 1. The van der Waals surface area contributed by atoms with Crippen molar-refractivity contribution < 1.29 is 0 Å². The van der Waals surface area contributed by atoms with Crippen LogP contribution in [0.5, 0.6) is 0 Å². The van der Waals surface area contributed by atoms with Crippen LogP contribution >= 0.6 is 0 Å². The van der Waals surface area contributed by atoms with Crippen LogP contribution in [0.25, 0.3) is 0 Å². The number of allylic oxidation sites excluding steroid dienone is 3. The van der Waals surface area contributed by atoms with E-state index in [0.29, 0.717) is 6.04 Å². The molecular formula is C19H30N2. The van der Waals surface area contributed by atoms with E-state index in [1.807, 2.05) is 0 Å². The van der Waals surface area contributed by atoms with Gasteiger partial charge in [0.15, 0.2) is 0 Å². The summed E-state index contributed by atoms with van der Waals surface area (Å²) >= 11 is 0. The molecule has 2 rings (SSSR count). The Balaban J connectivity index is 2.72. The van der Waals surface area contributed by atoms with Crippen molar-refractivity contribution in [2.75, 3.05) is 4.90 Å². The molecule has 2 heterocycles. The Morgan fingerprint density at radius 2 is 1.76 bits per heavy atom. The highest BCUT2D eigenvalue weighted by atomic mass is 15.2. The van der Waals surface area contributed by atoms with Crippen molar-refractivity contribution in [2.45, 2.75) is 59.9 Å². The van der Waals surface area contributed by atoms with Gasteiger partial charge in [-0.3, -0.25) is 0 Å². The minimum atomic E-state index is 0.147. The lowest BCUT2D eigenvalue weighted by atomic mass is 9.58. The zero-order valence-corrected chi connectivity index (χ0v) is 14.9. The maximum absolute atomic E-state index is 2.50. The number of rotatable bonds is 2. The molecular weight excluding hydrogens is 256 g/mol. The molecule has 0 spiro atoms. The minimum absolute atomic E-state index is 0.147. The molecule has 21 heavy (non-hydrogen) atoms. The average molecular weight is 286 g/mol. The minimum Gasteiger partial charge on any atom is -0.355 e. The second-order valence-corrected chi connectivity index (χ2v) is 7.33. The second kappa shape index (κ2) is 5.08. The predicted octanol–water partition coefficient (Wildman–Crippen LogP) is 5.02. The number of aryl methyl sites for hydroxylation is 1. The Morgan fingerprint density at radius 3 is 2.29 bits per heavy atom. The normalized spacial score (nSPS) is 24.5. The summed E-state index contributed by atoms with van der Waals surface area (Å²) in [5, 5.41) is 0. The van der Waals surface area contributed by atoms with Gasteiger partial charge in [0.25, 0.3) is 0 Å². The lowest BCUT2D eigenvalue weighted by Crippen LogP contribution is -2.55. The van der Waals surface area contributed by atoms with Crippen molar-refractivity contribution in [3.63, 3.8) is 0 Å². The number of nitrogens with zero attached hydrogens (tertiary/aromatic N) is 2. The van der Waals surface area contributed by atoms with Gasteiger partial charge in [-0.2, -0.15) is 0 Å². The summed E-state index contributed by atoms with van der Waals surface area (Å²) in [5.41, 5.74) is 4.39. The summed E-state index contributed by atoms with van der Waals surface area (Å²) in [6.45, 7) is 16.1. The van der Waals surface area contributed by atoms with Crippen LogP contribution in [0, 0.1) is 5.41 Å². The van der Waals surface area contributed by atoms with Crippen molar-refractivity contribution in [3.05, 3.63) is 41.9 Å². The van der Waals surface area contributed by atoms with E-state index in [-0.39, 0.29) is 10.8 Å². The molecule has 0 N–H and O–H groups in total. The van der Waals surface area contributed by atoms with Crippen LogP contribution in [0.1, 0.15) is 54.0 Å². The molecule has 1 aromatic heterocycles. The van der Waals surface area contributed by atoms with E-state index in [1.165, 1.54) is 16.9 Å². The quantitative estimate of drug-likeness (QED) is 0.693. The zero-order chi connectivity index (χ0) is 16.0. The molecule has 2 nitrogen and oxygen atoms in total. The van der Waals surface area contributed by atoms with Gasteiger partial charge < -0.3 is 9.47 Å². The van der Waals surface area contributed by atoms with Gasteiger partial charge in [0.2, 0.25) is 0 Å². The van der Waals surface area contributed by atoms with E-state index < -0.39 is 0 Å². The zero-order valence-electron chi connectivity index (χ0n) is 14.9. The molecule has 1 atom stereocenters. The van der Waals surface area contributed by atoms with E-state index in [9.17, 15) is 0 Å². The summed E-state index contributed by atoms with van der Waals surface area (Å²) in [7, 11) is 2.12. The lowest BCUT2D eigenvalue weighted by Gasteiger charge is -2.55. The van der Waals surface area contributed by atoms with Crippen LogP contribution in [0.3, 0.4) is 0 Å². The number of aromatic nitrogens is 1. The molecule has 0 fully saturated rings. The molecule has 116 valence electrons. The van der Waals surface area contributed by atoms with E-state index in [1.54, 1.807) is 0 Å². The summed E-state index contributed by atoms with van der Waals surface area (Å²) in [5.74, 6) is 0. The Kier molecular flexibility index (Phi) is 3.86. The van der Waals surface area contributed by atoms with Crippen molar-refractivity contribution in [1.29, 1.82) is 0 Å². The molecule has 0 bridgehead atoms. The van der Waals surface area contributed by atoms with Gasteiger partial charge in [-0.25, -0.2) is 0 Å². The Hall–Kier alpha value is -1.44. The maximum atomic E-state index is 2.50. The summed E-state index contributed by atoms with van der Waals surface area (Å²) in [4.78, 5) is 2.50. The van der Waals surface area contributed by atoms with Crippen LogP contribution in [-0.2, 0) is 12.5 Å². The van der Waals surface area contributed by atoms with Crippen LogP contribution in [0.15, 0.2) is 36.3 Å². The largest absolute Gasteiger partial charge is 0.355 e. The van der Waals surface area contributed by atoms with Gasteiger partial charge in [0.05, 0.1) is 5.69 Å². The standard InChI is InChI=1S/C19H30N2/c1-9-11-15(10-2)21-14(3)18(4,5)19(6,7)16-12-20(8)13-17(16)21/h9-14H,1-8H3/b11-9-,15-10+. The van der Waals surface area contributed by atoms with Gasteiger partial charge in [-0.1, -0.05) is 39.8 Å². The molecule has 1 aromatic rings. The number of fused-ring (bicyclic) bond motifs is 1. The fraction of sp³-hybridized carbons (Fsp3) is 0.579. The molecule has 2 heteroatoms. The maximum Gasteiger partial charge on any atom is 0.0631 e. The summed E-state index contributed by atoms with van der Waals surface area (Å²) in [6, 6.07) is 0.435. The van der Waals surface area contributed by atoms with Gasteiger partial charge >= 0.3 is 0 Å². The number of hydrogen-bond acceptors (Lipinski definition) is 1. The van der Waals surface area contributed by atoms with Gasteiger partial charge in [0, 0.05) is 36.6 Å². The first-order valence-corrected chi connectivity index (χ1v) is 7.93. The molecule has 0 saturated heterocycles.